The Morgan fingerprint density at radius 1 is 1.60 bits per heavy atom. The van der Waals surface area contributed by atoms with Gasteiger partial charge >= 0.3 is 0 Å². The highest BCUT2D eigenvalue weighted by molar-refractivity contribution is 7.11. The first-order valence-corrected chi connectivity index (χ1v) is 7.02. The van der Waals surface area contributed by atoms with Crippen molar-refractivity contribution in [2.45, 2.75) is 25.9 Å². The maximum Gasteiger partial charge on any atom is 0.242 e. The molecule has 5 nitrogen and oxygen atoms in total. The number of carbonyl (C=O) groups is 1. The number of morpholine rings is 1. The zero-order valence-electron chi connectivity index (χ0n) is 11.6. The molecule has 1 aliphatic heterocycles. The average molecular weight is 342 g/mol. The lowest BCUT2D eigenvalue weighted by atomic mass is 10.2. The Hall–Kier alpha value is -0.400. The van der Waals surface area contributed by atoms with Gasteiger partial charge in [0.2, 0.25) is 5.91 Å². The van der Waals surface area contributed by atoms with Crippen molar-refractivity contribution >= 4 is 42.1 Å². The molecular weight excluding hydrogens is 321 g/mol. The molecule has 1 unspecified atom stereocenters. The zero-order valence-corrected chi connectivity index (χ0v) is 14.1. The molecule has 0 aliphatic carbocycles. The molecule has 1 saturated heterocycles. The van der Waals surface area contributed by atoms with Crippen LogP contribution in [0.1, 0.15) is 16.8 Å². The van der Waals surface area contributed by atoms with Gasteiger partial charge in [0.25, 0.3) is 0 Å². The number of aromatic nitrogens is 1. The number of thiazole rings is 1. The summed E-state index contributed by atoms with van der Waals surface area (Å²) in [5.74, 6) is 0.0722. The summed E-state index contributed by atoms with van der Waals surface area (Å²) in [6.45, 7) is 4.56. The highest BCUT2D eigenvalue weighted by atomic mass is 35.5. The maximum absolute atomic E-state index is 12.1. The first kappa shape index (κ1) is 19.6. The number of aryl methyl sites for hydroxylation is 1. The third-order valence-electron chi connectivity index (χ3n) is 2.92. The number of hydrogen-bond donors (Lipinski definition) is 1. The van der Waals surface area contributed by atoms with Crippen molar-refractivity contribution in [1.82, 2.24) is 15.2 Å². The number of likely N-dealkylation sites (N-methyl/N-ethyl adjacent to an activating group) is 1. The standard InChI is InChI=1S/C12H19N3O2S.2ClH/c1-3-9-6-14-11(18-9)7-15(2)12(16)10-8-17-5-4-13-10;;/h6,10,13H,3-5,7-8H2,1-2H3;2*1H. The molecule has 0 spiro atoms. The number of halogens is 2. The lowest BCUT2D eigenvalue weighted by molar-refractivity contribution is -0.135. The summed E-state index contributed by atoms with van der Waals surface area (Å²) in [5, 5.41) is 4.15. The van der Waals surface area contributed by atoms with Crippen LogP contribution in [0.3, 0.4) is 0 Å². The molecule has 20 heavy (non-hydrogen) atoms. The largest absolute Gasteiger partial charge is 0.378 e. The van der Waals surface area contributed by atoms with Crippen LogP contribution in [0.25, 0.3) is 0 Å². The van der Waals surface area contributed by atoms with E-state index in [-0.39, 0.29) is 36.8 Å². The van der Waals surface area contributed by atoms with E-state index >= 15 is 0 Å². The number of ether oxygens (including phenoxy) is 1. The van der Waals surface area contributed by atoms with E-state index in [0.29, 0.717) is 19.8 Å². The molecular formula is C12H21Cl2N3O2S. The smallest absolute Gasteiger partial charge is 0.242 e. The van der Waals surface area contributed by atoms with Crippen LogP contribution in [-0.2, 0) is 22.5 Å². The van der Waals surface area contributed by atoms with Crippen LogP contribution in [-0.4, -0.2) is 48.6 Å². The number of hydrogen-bond acceptors (Lipinski definition) is 5. The zero-order chi connectivity index (χ0) is 13.0. The van der Waals surface area contributed by atoms with Crippen LogP contribution in [0, 0.1) is 0 Å². The highest BCUT2D eigenvalue weighted by Gasteiger charge is 2.24. The molecule has 0 aromatic carbocycles. The minimum atomic E-state index is -0.214. The quantitative estimate of drug-likeness (QED) is 0.901. The van der Waals surface area contributed by atoms with Crippen LogP contribution in [0.2, 0.25) is 0 Å². The molecule has 116 valence electrons. The molecule has 0 radical (unpaired) electrons. The number of carbonyl (C=O) groups excluding carboxylic acids is 1. The molecule has 2 rings (SSSR count). The summed E-state index contributed by atoms with van der Waals surface area (Å²) >= 11 is 1.67. The van der Waals surface area contributed by atoms with Gasteiger partial charge in [-0.25, -0.2) is 4.98 Å². The van der Waals surface area contributed by atoms with Crippen LogP contribution in [0.15, 0.2) is 6.20 Å². The predicted molar refractivity (Wildman–Crippen MR) is 85.1 cm³/mol. The Labute approximate surface area is 135 Å². The van der Waals surface area contributed by atoms with E-state index in [2.05, 4.69) is 17.2 Å². The summed E-state index contributed by atoms with van der Waals surface area (Å²) in [4.78, 5) is 19.4. The van der Waals surface area contributed by atoms with Crippen molar-refractivity contribution in [1.29, 1.82) is 0 Å². The lowest BCUT2D eigenvalue weighted by Crippen LogP contribution is -2.51. The van der Waals surface area contributed by atoms with E-state index in [1.165, 1.54) is 4.88 Å². The molecule has 1 amide bonds. The van der Waals surface area contributed by atoms with Crippen LogP contribution < -0.4 is 5.32 Å². The Morgan fingerprint density at radius 3 is 2.90 bits per heavy atom. The Bertz CT molecular complexity index is 411. The summed E-state index contributed by atoms with van der Waals surface area (Å²) in [5.41, 5.74) is 0. The van der Waals surface area contributed by atoms with Gasteiger partial charge in [-0.15, -0.1) is 36.2 Å². The monoisotopic (exact) mass is 341 g/mol. The van der Waals surface area contributed by atoms with E-state index in [4.69, 9.17) is 4.74 Å². The van der Waals surface area contributed by atoms with Crippen LogP contribution in [0.5, 0.6) is 0 Å². The van der Waals surface area contributed by atoms with Gasteiger partial charge in [0.05, 0.1) is 19.8 Å². The van der Waals surface area contributed by atoms with Gasteiger partial charge in [0.1, 0.15) is 11.0 Å². The van der Waals surface area contributed by atoms with Gasteiger partial charge in [-0.05, 0) is 6.42 Å². The molecule has 1 aromatic heterocycles. The summed E-state index contributed by atoms with van der Waals surface area (Å²) in [7, 11) is 1.81. The normalized spacial score (nSPS) is 17.8. The van der Waals surface area contributed by atoms with Crippen molar-refractivity contribution in [3.8, 4) is 0 Å². The summed E-state index contributed by atoms with van der Waals surface area (Å²) in [6.07, 6.45) is 2.88. The fraction of sp³-hybridized carbons (Fsp3) is 0.667. The van der Waals surface area contributed by atoms with E-state index in [1.807, 2.05) is 13.2 Å². The van der Waals surface area contributed by atoms with Crippen molar-refractivity contribution in [3.63, 3.8) is 0 Å². The average Bonchev–Trinajstić information content (AvgIpc) is 2.86. The number of nitrogens with one attached hydrogen (secondary N) is 1. The van der Waals surface area contributed by atoms with Gasteiger partial charge in [0, 0.05) is 24.7 Å². The Morgan fingerprint density at radius 2 is 2.35 bits per heavy atom. The topological polar surface area (TPSA) is 54.5 Å². The molecule has 1 aromatic rings. The second-order valence-corrected chi connectivity index (χ2v) is 5.55. The Kier molecular flexibility index (Phi) is 9.33. The number of nitrogens with zero attached hydrogens (tertiary/aromatic N) is 2. The van der Waals surface area contributed by atoms with Crippen molar-refractivity contribution < 1.29 is 9.53 Å². The van der Waals surface area contributed by atoms with E-state index < -0.39 is 0 Å². The highest BCUT2D eigenvalue weighted by Crippen LogP contribution is 2.15. The first-order chi connectivity index (χ1) is 8.70. The van der Waals surface area contributed by atoms with E-state index in [0.717, 1.165) is 18.0 Å². The van der Waals surface area contributed by atoms with Gasteiger partial charge < -0.3 is 15.0 Å². The van der Waals surface area contributed by atoms with Crippen molar-refractivity contribution in [2.75, 3.05) is 26.8 Å². The maximum atomic E-state index is 12.1. The van der Waals surface area contributed by atoms with Gasteiger partial charge in [-0.2, -0.15) is 0 Å². The number of rotatable bonds is 4. The molecule has 0 bridgehead atoms. The van der Waals surface area contributed by atoms with Gasteiger partial charge in [-0.1, -0.05) is 6.92 Å². The first-order valence-electron chi connectivity index (χ1n) is 6.20. The van der Waals surface area contributed by atoms with Crippen LogP contribution >= 0.6 is 36.2 Å². The third kappa shape index (κ3) is 5.18. The predicted octanol–water partition coefficient (Wildman–Crippen LogP) is 1.50. The molecule has 8 heteroatoms. The van der Waals surface area contributed by atoms with E-state index in [9.17, 15) is 4.79 Å². The molecule has 0 saturated carbocycles. The SMILES string of the molecule is CCc1cnc(CN(C)C(=O)C2COCCN2)s1.Cl.Cl. The molecule has 1 aliphatic rings. The number of amides is 1. The summed E-state index contributed by atoms with van der Waals surface area (Å²) < 4.78 is 5.30. The van der Waals surface area contributed by atoms with Gasteiger partial charge in [0.15, 0.2) is 0 Å². The lowest BCUT2D eigenvalue weighted by Gasteiger charge is -2.27. The summed E-state index contributed by atoms with van der Waals surface area (Å²) in [6, 6.07) is -0.214. The molecule has 1 N–H and O–H groups in total. The minimum absolute atomic E-state index is 0. The van der Waals surface area contributed by atoms with Crippen LogP contribution in [0.4, 0.5) is 0 Å². The minimum Gasteiger partial charge on any atom is -0.378 e. The fourth-order valence-electron chi connectivity index (χ4n) is 1.86. The van der Waals surface area contributed by atoms with Gasteiger partial charge in [-0.3, -0.25) is 4.79 Å². The Balaban J connectivity index is 0.00000180. The molecule has 1 atom stereocenters. The second kappa shape index (κ2) is 9.52. The second-order valence-electron chi connectivity index (χ2n) is 4.35. The van der Waals surface area contributed by atoms with Crippen molar-refractivity contribution in [3.05, 3.63) is 16.1 Å². The van der Waals surface area contributed by atoms with E-state index in [1.54, 1.807) is 16.2 Å². The van der Waals surface area contributed by atoms with Crippen molar-refractivity contribution in [2.24, 2.45) is 0 Å². The molecule has 1 fully saturated rings. The fourth-order valence-corrected chi connectivity index (χ4v) is 2.77. The third-order valence-corrected chi connectivity index (χ3v) is 4.04. The molecule has 2 heterocycles.